The lowest BCUT2D eigenvalue weighted by Crippen LogP contribution is -2.63. The molecule has 0 radical (unpaired) electrons. The summed E-state index contributed by atoms with van der Waals surface area (Å²) < 4.78 is 11.5. The maximum atomic E-state index is 14.0. The van der Waals surface area contributed by atoms with Crippen molar-refractivity contribution in [3.63, 3.8) is 0 Å². The van der Waals surface area contributed by atoms with Gasteiger partial charge < -0.3 is 14.4 Å². The van der Waals surface area contributed by atoms with E-state index in [4.69, 9.17) is 9.47 Å². The van der Waals surface area contributed by atoms with E-state index < -0.39 is 23.8 Å². The highest BCUT2D eigenvalue weighted by Crippen LogP contribution is 2.45. The minimum Gasteiger partial charge on any atom is -0.394 e. The zero-order valence-electron chi connectivity index (χ0n) is 23.4. The Hall–Kier alpha value is -4.75. The Labute approximate surface area is 245 Å². The minimum absolute atomic E-state index is 0.141. The Kier molecular flexibility index (Phi) is 7.59. The highest BCUT2D eigenvalue weighted by molar-refractivity contribution is 6.31. The molecular weight excluding hydrogens is 528 g/mol. The number of hydrogen-bond donors (Lipinski definition) is 0. The molecule has 0 saturated carbocycles. The van der Waals surface area contributed by atoms with Gasteiger partial charge in [0, 0.05) is 19.5 Å². The number of esters is 2. The normalized spacial score (nSPS) is 17.2. The summed E-state index contributed by atoms with van der Waals surface area (Å²) in [4.78, 5) is 42.6. The lowest BCUT2D eigenvalue weighted by molar-refractivity contribution is -0.207. The number of amides is 1. The molecule has 4 aromatic rings. The van der Waals surface area contributed by atoms with Gasteiger partial charge in [0.2, 0.25) is 5.91 Å². The van der Waals surface area contributed by atoms with E-state index in [1.165, 1.54) is 4.90 Å². The summed E-state index contributed by atoms with van der Waals surface area (Å²) in [6, 6.07) is 35.8. The molecule has 0 aliphatic carbocycles. The maximum Gasteiger partial charge on any atom is 0.422 e. The summed E-state index contributed by atoms with van der Waals surface area (Å²) in [6.45, 7) is 1.07. The van der Waals surface area contributed by atoms with E-state index in [0.29, 0.717) is 31.6 Å². The fraction of sp³-hybridized carbons (Fsp3) is 0.229. The van der Waals surface area contributed by atoms with Crippen LogP contribution in [0.25, 0.3) is 11.1 Å². The highest BCUT2D eigenvalue weighted by Gasteiger charge is 2.62. The number of benzene rings is 4. The van der Waals surface area contributed by atoms with E-state index in [1.807, 2.05) is 104 Å². The van der Waals surface area contributed by atoms with E-state index in [9.17, 15) is 14.4 Å². The van der Waals surface area contributed by atoms with E-state index in [2.05, 4.69) is 17.0 Å². The number of aryl methyl sites for hydroxylation is 1. The second-order valence-electron chi connectivity index (χ2n) is 10.9. The zero-order valence-corrected chi connectivity index (χ0v) is 23.4. The van der Waals surface area contributed by atoms with E-state index in [-0.39, 0.29) is 12.3 Å². The predicted molar refractivity (Wildman–Crippen MR) is 159 cm³/mol. The molecule has 4 aromatic carbocycles. The highest BCUT2D eigenvalue weighted by atomic mass is 16.8. The van der Waals surface area contributed by atoms with Crippen LogP contribution < -0.4 is 4.90 Å². The molecule has 7 nitrogen and oxygen atoms in total. The summed E-state index contributed by atoms with van der Waals surface area (Å²) in [6.07, 6.45) is 1.09. The lowest BCUT2D eigenvalue weighted by Gasteiger charge is -2.47. The van der Waals surface area contributed by atoms with Crippen molar-refractivity contribution in [3.8, 4) is 11.1 Å². The van der Waals surface area contributed by atoms with Gasteiger partial charge in [0.15, 0.2) is 0 Å². The SMILES string of the molecule is CN(Cc1ccccc1)CC1Cc2ccccc2N(C(=O)CCc2ccc(-c3ccccc3)cc2)C12OC(=O)C(=O)O2. The number of carbonyl (C=O) groups excluding carboxylic acids is 3. The first kappa shape index (κ1) is 27.4. The van der Waals surface area contributed by atoms with E-state index in [1.54, 1.807) is 0 Å². The molecule has 6 rings (SSSR count). The molecule has 1 fully saturated rings. The first-order chi connectivity index (χ1) is 20.4. The fourth-order valence-electron chi connectivity index (χ4n) is 5.96. The standard InChI is InChI=1S/C35H32N2O5/c1-36(23-26-10-4-2-5-11-26)24-30-22-29-14-8-9-15-31(29)37(35(30)41-33(39)34(40)42-35)32(38)21-18-25-16-19-28(20-17-25)27-12-6-3-7-13-27/h2-17,19-20,30H,18,21-24H2,1H3. The van der Waals surface area contributed by atoms with Gasteiger partial charge in [0.05, 0.1) is 11.6 Å². The van der Waals surface area contributed by atoms with Crippen molar-refractivity contribution in [3.05, 3.63) is 126 Å². The average Bonchev–Trinajstić information content (AvgIpc) is 3.31. The number of ether oxygens (including phenoxy) is 2. The monoisotopic (exact) mass is 560 g/mol. The first-order valence-corrected chi connectivity index (χ1v) is 14.2. The third-order valence-electron chi connectivity index (χ3n) is 7.94. The van der Waals surface area contributed by atoms with E-state index >= 15 is 0 Å². The van der Waals surface area contributed by atoms with Crippen LogP contribution in [-0.2, 0) is 43.2 Å². The first-order valence-electron chi connectivity index (χ1n) is 14.2. The van der Waals surface area contributed by atoms with Gasteiger partial charge in [-0.05, 0) is 53.8 Å². The van der Waals surface area contributed by atoms with Gasteiger partial charge in [-0.2, -0.15) is 0 Å². The molecular formula is C35H32N2O5. The lowest BCUT2D eigenvalue weighted by atomic mass is 9.87. The Morgan fingerprint density at radius 1 is 0.786 bits per heavy atom. The molecule has 1 unspecified atom stereocenters. The Bertz CT molecular complexity index is 1570. The second-order valence-corrected chi connectivity index (χ2v) is 10.9. The molecule has 212 valence electrons. The molecule has 2 aliphatic rings. The average molecular weight is 561 g/mol. The fourth-order valence-corrected chi connectivity index (χ4v) is 5.96. The van der Waals surface area contributed by atoms with Gasteiger partial charge >= 0.3 is 17.8 Å². The molecule has 1 amide bonds. The van der Waals surface area contributed by atoms with Crippen LogP contribution in [0.5, 0.6) is 0 Å². The van der Waals surface area contributed by atoms with Crippen molar-refractivity contribution in [1.82, 2.24) is 4.90 Å². The quantitative estimate of drug-likeness (QED) is 0.213. The number of nitrogens with zero attached hydrogens (tertiary/aromatic N) is 2. The molecule has 0 bridgehead atoms. The van der Waals surface area contributed by atoms with Crippen LogP contribution in [0.2, 0.25) is 0 Å². The summed E-state index contributed by atoms with van der Waals surface area (Å²) in [5.74, 6) is -4.79. The summed E-state index contributed by atoms with van der Waals surface area (Å²) in [7, 11) is 1.96. The molecule has 42 heavy (non-hydrogen) atoms. The van der Waals surface area contributed by atoms with E-state index in [0.717, 1.165) is 27.8 Å². The Morgan fingerprint density at radius 3 is 2.07 bits per heavy atom. The topological polar surface area (TPSA) is 76.2 Å². The Morgan fingerprint density at radius 2 is 1.38 bits per heavy atom. The van der Waals surface area contributed by atoms with Crippen LogP contribution in [0.4, 0.5) is 5.69 Å². The van der Waals surface area contributed by atoms with Gasteiger partial charge in [-0.15, -0.1) is 0 Å². The van der Waals surface area contributed by atoms with Crippen molar-refractivity contribution in [2.45, 2.75) is 31.7 Å². The van der Waals surface area contributed by atoms with Crippen LogP contribution >= 0.6 is 0 Å². The van der Waals surface area contributed by atoms with Crippen molar-refractivity contribution in [1.29, 1.82) is 0 Å². The van der Waals surface area contributed by atoms with Crippen LogP contribution in [-0.4, -0.2) is 42.2 Å². The van der Waals surface area contributed by atoms with Crippen molar-refractivity contribution >= 4 is 23.5 Å². The van der Waals surface area contributed by atoms with Crippen LogP contribution in [0.3, 0.4) is 0 Å². The zero-order chi connectivity index (χ0) is 29.1. The molecule has 0 aromatic heterocycles. The number of hydrogen-bond acceptors (Lipinski definition) is 6. The number of carbonyl (C=O) groups is 3. The number of anilines is 1. The number of para-hydroxylation sites is 1. The molecule has 2 heterocycles. The third kappa shape index (κ3) is 5.43. The van der Waals surface area contributed by atoms with Crippen molar-refractivity contribution in [2.75, 3.05) is 18.5 Å². The van der Waals surface area contributed by atoms with Gasteiger partial charge in [-0.3, -0.25) is 4.79 Å². The van der Waals surface area contributed by atoms with Crippen molar-refractivity contribution < 1.29 is 23.9 Å². The van der Waals surface area contributed by atoms with Gasteiger partial charge in [-0.25, -0.2) is 14.5 Å². The molecule has 0 N–H and O–H groups in total. The van der Waals surface area contributed by atoms with Gasteiger partial charge in [0.25, 0.3) is 0 Å². The Balaban J connectivity index is 1.27. The summed E-state index contributed by atoms with van der Waals surface area (Å²) in [5.41, 5.74) is 5.87. The van der Waals surface area contributed by atoms with Gasteiger partial charge in [0.1, 0.15) is 0 Å². The van der Waals surface area contributed by atoms with Crippen LogP contribution in [0, 0.1) is 5.92 Å². The van der Waals surface area contributed by atoms with Crippen LogP contribution in [0.1, 0.15) is 23.1 Å². The van der Waals surface area contributed by atoms with Crippen molar-refractivity contribution in [2.24, 2.45) is 5.92 Å². The molecule has 1 saturated heterocycles. The third-order valence-corrected chi connectivity index (χ3v) is 7.94. The molecule has 1 spiro atoms. The summed E-state index contributed by atoms with van der Waals surface area (Å²) in [5, 5.41) is 0. The molecule has 7 heteroatoms. The number of rotatable bonds is 8. The minimum atomic E-state index is -1.85. The number of fused-ring (bicyclic) bond motifs is 1. The predicted octanol–water partition coefficient (Wildman–Crippen LogP) is 5.38. The maximum absolute atomic E-state index is 14.0. The largest absolute Gasteiger partial charge is 0.422 e. The molecule has 1 atom stereocenters. The second kappa shape index (κ2) is 11.6. The summed E-state index contributed by atoms with van der Waals surface area (Å²) >= 11 is 0. The molecule has 2 aliphatic heterocycles. The van der Waals surface area contributed by atoms with Gasteiger partial charge in [-0.1, -0.05) is 103 Å². The van der Waals surface area contributed by atoms with Crippen LogP contribution in [0.15, 0.2) is 109 Å². The smallest absolute Gasteiger partial charge is 0.394 e.